The van der Waals surface area contributed by atoms with Gasteiger partial charge in [0.05, 0.1) is 22.4 Å². The van der Waals surface area contributed by atoms with E-state index in [0.29, 0.717) is 18.7 Å². The molecule has 174 valence electrons. The van der Waals surface area contributed by atoms with Gasteiger partial charge in [-0.1, -0.05) is 29.3 Å². The molecule has 3 amide bonds. The second-order valence-electron chi connectivity index (χ2n) is 9.54. The van der Waals surface area contributed by atoms with Crippen LogP contribution in [0.3, 0.4) is 0 Å². The van der Waals surface area contributed by atoms with Crippen molar-refractivity contribution >= 4 is 46.4 Å². The van der Waals surface area contributed by atoms with Crippen LogP contribution < -0.4 is 10.2 Å². The fourth-order valence-corrected chi connectivity index (χ4v) is 6.88. The van der Waals surface area contributed by atoms with E-state index in [1.165, 1.54) is 12.1 Å². The van der Waals surface area contributed by atoms with Crippen LogP contribution in [0, 0.1) is 35.8 Å². The van der Waals surface area contributed by atoms with E-state index >= 15 is 0 Å². The number of hydrogen-bond donors (Lipinski definition) is 1. The summed E-state index contributed by atoms with van der Waals surface area (Å²) in [6, 6.07) is 7.55. The molecule has 9 nitrogen and oxygen atoms in total. The number of aryl methyl sites for hydroxylation is 2. The fourth-order valence-electron chi connectivity index (χ4n) is 6.69. The van der Waals surface area contributed by atoms with Crippen molar-refractivity contribution in [3.63, 3.8) is 0 Å². The maximum Gasteiger partial charge on any atom is 0.289 e. The smallest absolute Gasteiger partial charge is 0.289 e. The largest absolute Gasteiger partial charge is 0.324 e. The zero-order valence-corrected chi connectivity index (χ0v) is 19.3. The summed E-state index contributed by atoms with van der Waals surface area (Å²) in [6.07, 6.45) is 1.51. The Hall–Kier alpha value is -3.30. The van der Waals surface area contributed by atoms with Crippen LogP contribution in [0.15, 0.2) is 30.3 Å². The first-order valence-corrected chi connectivity index (χ1v) is 11.6. The Bertz CT molecular complexity index is 1340. The Labute approximate surface area is 199 Å². The minimum absolute atomic E-state index is 0.0819. The molecule has 4 aliphatic heterocycles. The van der Waals surface area contributed by atoms with Gasteiger partial charge in [-0.3, -0.25) is 29.4 Å². The third-order valence-electron chi connectivity index (χ3n) is 7.83. The van der Waals surface area contributed by atoms with Gasteiger partial charge in [-0.05, 0) is 50.9 Å². The van der Waals surface area contributed by atoms with Gasteiger partial charge in [0.1, 0.15) is 10.6 Å². The van der Waals surface area contributed by atoms with Crippen LogP contribution in [0.2, 0.25) is 5.02 Å². The standard InChI is InChI=1S/C24H21ClN4O5/c1-11-8-12(2)20-14(9-11)24(23(32)26-20)19-18(16-4-3-7-27(16)24)21(30)28(22(19)31)13-5-6-15(25)17(10-13)29(33)34/h5-6,8-10,16,18-19H,3-4,7H2,1-2H3,(H,26,32). The molecule has 4 aliphatic rings. The van der Waals surface area contributed by atoms with Gasteiger partial charge in [0.15, 0.2) is 0 Å². The summed E-state index contributed by atoms with van der Waals surface area (Å²) < 4.78 is 0. The van der Waals surface area contributed by atoms with Crippen molar-refractivity contribution in [3.8, 4) is 0 Å². The lowest BCUT2D eigenvalue weighted by Crippen LogP contribution is -2.54. The third kappa shape index (κ3) is 2.40. The van der Waals surface area contributed by atoms with Crippen molar-refractivity contribution in [3.05, 3.63) is 62.2 Å². The van der Waals surface area contributed by atoms with Crippen LogP contribution in [0.5, 0.6) is 0 Å². The molecule has 0 bridgehead atoms. The van der Waals surface area contributed by atoms with Crippen LogP contribution in [0.25, 0.3) is 0 Å². The summed E-state index contributed by atoms with van der Waals surface area (Å²) in [7, 11) is 0. The number of nitro groups is 1. The summed E-state index contributed by atoms with van der Waals surface area (Å²) in [4.78, 5) is 55.3. The van der Waals surface area contributed by atoms with Crippen molar-refractivity contribution in [2.24, 2.45) is 11.8 Å². The summed E-state index contributed by atoms with van der Waals surface area (Å²) in [5, 5.41) is 14.3. The van der Waals surface area contributed by atoms with Crippen molar-refractivity contribution in [2.45, 2.75) is 38.3 Å². The molecule has 3 saturated heterocycles. The Balaban J connectivity index is 1.55. The minimum atomic E-state index is -1.28. The van der Waals surface area contributed by atoms with Gasteiger partial charge in [0, 0.05) is 23.4 Å². The topological polar surface area (TPSA) is 113 Å². The van der Waals surface area contributed by atoms with Gasteiger partial charge >= 0.3 is 0 Å². The van der Waals surface area contributed by atoms with E-state index in [0.717, 1.165) is 34.1 Å². The molecule has 3 fully saturated rings. The lowest BCUT2D eigenvalue weighted by molar-refractivity contribution is -0.384. The highest BCUT2D eigenvalue weighted by Gasteiger charge is 2.74. The van der Waals surface area contributed by atoms with E-state index < -0.39 is 34.1 Å². The first-order valence-electron chi connectivity index (χ1n) is 11.2. The number of carbonyl (C=O) groups excluding carboxylic acids is 3. The summed E-state index contributed by atoms with van der Waals surface area (Å²) in [5.41, 5.74) is 1.73. The molecule has 0 saturated carbocycles. The number of nitro benzene ring substituents is 1. The number of nitrogens with one attached hydrogen (secondary N) is 1. The van der Waals surface area contributed by atoms with Gasteiger partial charge < -0.3 is 5.32 Å². The number of nitrogens with zero attached hydrogens (tertiary/aromatic N) is 3. The molecular formula is C24H21ClN4O5. The number of anilines is 2. The molecular weight excluding hydrogens is 460 g/mol. The number of amides is 3. The molecule has 34 heavy (non-hydrogen) atoms. The SMILES string of the molecule is Cc1cc(C)c2c(c1)C1(C(=O)N2)C2C(=O)N(c3ccc(Cl)c([N+](=O)[O-])c3)C(=O)C2C2CCCN21. The molecule has 2 aromatic rings. The Morgan fingerprint density at radius 3 is 2.65 bits per heavy atom. The second-order valence-corrected chi connectivity index (χ2v) is 9.94. The van der Waals surface area contributed by atoms with Gasteiger partial charge in [-0.25, -0.2) is 4.90 Å². The summed E-state index contributed by atoms with van der Waals surface area (Å²) in [6.45, 7) is 4.47. The van der Waals surface area contributed by atoms with Gasteiger partial charge in [0.25, 0.3) is 5.69 Å². The normalized spacial score (nSPS) is 29.6. The highest BCUT2D eigenvalue weighted by Crippen LogP contribution is 2.61. The van der Waals surface area contributed by atoms with Crippen molar-refractivity contribution in [2.75, 3.05) is 16.8 Å². The Kier molecular flexibility index (Phi) is 4.29. The molecule has 1 N–H and O–H groups in total. The molecule has 4 atom stereocenters. The maximum absolute atomic E-state index is 14.0. The highest BCUT2D eigenvalue weighted by molar-refractivity contribution is 6.33. The average molecular weight is 481 g/mol. The number of halogens is 1. The second kappa shape index (κ2) is 6.86. The Morgan fingerprint density at radius 1 is 1.15 bits per heavy atom. The lowest BCUT2D eigenvalue weighted by atomic mass is 9.75. The number of carbonyl (C=O) groups is 3. The number of benzene rings is 2. The quantitative estimate of drug-likeness (QED) is 0.401. The van der Waals surface area contributed by atoms with Crippen LogP contribution in [-0.2, 0) is 19.9 Å². The average Bonchev–Trinajstić information content (AvgIpc) is 3.48. The van der Waals surface area contributed by atoms with Gasteiger partial charge in [-0.15, -0.1) is 0 Å². The zero-order chi connectivity index (χ0) is 24.1. The molecule has 1 spiro atoms. The van der Waals surface area contributed by atoms with Crippen LogP contribution in [0.1, 0.15) is 29.5 Å². The fraction of sp³-hybridized carbons (Fsp3) is 0.375. The highest BCUT2D eigenvalue weighted by atomic mass is 35.5. The molecule has 6 rings (SSSR count). The summed E-state index contributed by atoms with van der Waals surface area (Å²) in [5.74, 6) is -2.85. The van der Waals surface area contributed by atoms with Crippen molar-refractivity contribution in [1.82, 2.24) is 4.90 Å². The van der Waals surface area contributed by atoms with E-state index in [-0.39, 0.29) is 28.3 Å². The summed E-state index contributed by atoms with van der Waals surface area (Å²) >= 11 is 5.95. The molecule has 0 radical (unpaired) electrons. The van der Waals surface area contributed by atoms with Crippen LogP contribution in [-0.4, -0.2) is 40.1 Å². The van der Waals surface area contributed by atoms with E-state index in [9.17, 15) is 24.5 Å². The van der Waals surface area contributed by atoms with E-state index in [2.05, 4.69) is 10.2 Å². The first kappa shape index (κ1) is 21.2. The maximum atomic E-state index is 14.0. The molecule has 0 aliphatic carbocycles. The lowest BCUT2D eigenvalue weighted by Gasteiger charge is -2.36. The van der Waals surface area contributed by atoms with E-state index in [4.69, 9.17) is 11.6 Å². The monoisotopic (exact) mass is 480 g/mol. The van der Waals surface area contributed by atoms with Crippen LogP contribution >= 0.6 is 11.6 Å². The van der Waals surface area contributed by atoms with Gasteiger partial charge in [-0.2, -0.15) is 0 Å². The molecule has 0 aromatic heterocycles. The van der Waals surface area contributed by atoms with Crippen molar-refractivity contribution in [1.29, 1.82) is 0 Å². The number of imide groups is 1. The number of fused-ring (bicyclic) bond motifs is 7. The predicted octanol–water partition coefficient (Wildman–Crippen LogP) is 3.30. The number of hydrogen-bond acceptors (Lipinski definition) is 6. The first-order chi connectivity index (χ1) is 16.2. The van der Waals surface area contributed by atoms with E-state index in [1.54, 1.807) is 0 Å². The van der Waals surface area contributed by atoms with Gasteiger partial charge in [0.2, 0.25) is 17.7 Å². The van der Waals surface area contributed by atoms with E-state index in [1.807, 2.05) is 26.0 Å². The third-order valence-corrected chi connectivity index (χ3v) is 8.15. The predicted molar refractivity (Wildman–Crippen MR) is 124 cm³/mol. The molecule has 2 aromatic carbocycles. The minimum Gasteiger partial charge on any atom is -0.324 e. The molecule has 10 heteroatoms. The van der Waals surface area contributed by atoms with Crippen molar-refractivity contribution < 1.29 is 19.3 Å². The molecule has 4 unspecified atom stereocenters. The zero-order valence-electron chi connectivity index (χ0n) is 18.5. The Morgan fingerprint density at radius 2 is 1.91 bits per heavy atom. The van der Waals surface area contributed by atoms with Crippen LogP contribution in [0.4, 0.5) is 17.1 Å². The number of rotatable bonds is 2. The molecule has 4 heterocycles.